The molecule has 0 radical (unpaired) electrons. The molecule has 1 aliphatic heterocycles. The van der Waals surface area contributed by atoms with Gasteiger partial charge in [-0.05, 0) is 38.5 Å². The van der Waals surface area contributed by atoms with E-state index < -0.39 is 5.97 Å². The Morgan fingerprint density at radius 2 is 1.70 bits per heavy atom. The topological polar surface area (TPSA) is 57.6 Å². The number of nitrogens with zero attached hydrogens (tertiary/aromatic N) is 1. The lowest BCUT2D eigenvalue weighted by atomic mass is 9.91. The molecule has 2 rings (SSSR count). The summed E-state index contributed by atoms with van der Waals surface area (Å²) in [7, 11) is 0. The first-order chi connectivity index (χ1) is 9.58. The highest BCUT2D eigenvalue weighted by Gasteiger charge is 2.33. The van der Waals surface area contributed by atoms with Crippen LogP contribution in [0.15, 0.2) is 0 Å². The molecule has 1 aliphatic carbocycles. The van der Waals surface area contributed by atoms with Gasteiger partial charge in [-0.15, -0.1) is 0 Å². The average Bonchev–Trinajstić information content (AvgIpc) is 2.67. The van der Waals surface area contributed by atoms with E-state index >= 15 is 0 Å². The maximum absolute atomic E-state index is 12.5. The number of amides is 1. The van der Waals surface area contributed by atoms with E-state index in [9.17, 15) is 9.59 Å². The first kappa shape index (κ1) is 15.3. The Hall–Kier alpha value is -1.06. The second-order valence-corrected chi connectivity index (χ2v) is 6.57. The molecule has 20 heavy (non-hydrogen) atoms. The summed E-state index contributed by atoms with van der Waals surface area (Å²) in [6.07, 6.45) is 9.54. The van der Waals surface area contributed by atoms with Crippen LogP contribution in [0.1, 0.15) is 64.7 Å². The Labute approximate surface area is 121 Å². The number of carboxylic acids is 1. The van der Waals surface area contributed by atoms with Crippen LogP contribution in [0.3, 0.4) is 0 Å². The first-order valence-corrected chi connectivity index (χ1v) is 8.10. The molecule has 2 unspecified atom stereocenters. The highest BCUT2D eigenvalue weighted by molar-refractivity contribution is 5.78. The molecule has 0 spiro atoms. The smallest absolute Gasteiger partial charge is 0.308 e. The van der Waals surface area contributed by atoms with E-state index in [1.807, 2.05) is 11.8 Å². The molecule has 1 amide bonds. The molecule has 0 aromatic carbocycles. The molecule has 2 fully saturated rings. The van der Waals surface area contributed by atoms with Crippen molar-refractivity contribution in [1.82, 2.24) is 4.90 Å². The van der Waals surface area contributed by atoms with E-state index in [1.54, 1.807) is 0 Å². The number of carbonyl (C=O) groups excluding carboxylic acids is 1. The maximum Gasteiger partial charge on any atom is 0.308 e. The zero-order chi connectivity index (χ0) is 14.5. The van der Waals surface area contributed by atoms with Crippen LogP contribution in [-0.2, 0) is 9.59 Å². The molecule has 1 heterocycles. The van der Waals surface area contributed by atoms with Gasteiger partial charge in [-0.3, -0.25) is 9.59 Å². The molecule has 0 bridgehead atoms. The van der Waals surface area contributed by atoms with Crippen molar-refractivity contribution >= 4 is 11.9 Å². The fourth-order valence-electron chi connectivity index (χ4n) is 3.59. The van der Waals surface area contributed by atoms with Gasteiger partial charge in [0.25, 0.3) is 0 Å². The third-order valence-electron chi connectivity index (χ3n) is 4.99. The zero-order valence-corrected chi connectivity index (χ0v) is 12.5. The molecule has 1 saturated heterocycles. The summed E-state index contributed by atoms with van der Waals surface area (Å²) in [6.45, 7) is 2.45. The number of hydrogen-bond donors (Lipinski definition) is 1. The summed E-state index contributed by atoms with van der Waals surface area (Å²) in [4.78, 5) is 25.4. The van der Waals surface area contributed by atoms with Crippen molar-refractivity contribution in [3.63, 3.8) is 0 Å². The lowest BCUT2D eigenvalue weighted by Crippen LogP contribution is -2.47. The summed E-state index contributed by atoms with van der Waals surface area (Å²) < 4.78 is 0. The number of hydrogen-bond acceptors (Lipinski definition) is 2. The van der Waals surface area contributed by atoms with Gasteiger partial charge in [-0.1, -0.05) is 25.7 Å². The summed E-state index contributed by atoms with van der Waals surface area (Å²) in [6, 6.07) is 0.198. The third kappa shape index (κ3) is 3.97. The molecule has 114 valence electrons. The fourth-order valence-corrected chi connectivity index (χ4v) is 3.59. The van der Waals surface area contributed by atoms with Crippen molar-refractivity contribution in [2.75, 3.05) is 6.54 Å². The monoisotopic (exact) mass is 281 g/mol. The lowest BCUT2D eigenvalue weighted by molar-refractivity contribution is -0.147. The van der Waals surface area contributed by atoms with E-state index in [2.05, 4.69) is 0 Å². The molecule has 0 aromatic heterocycles. The van der Waals surface area contributed by atoms with Gasteiger partial charge in [0.2, 0.25) is 5.91 Å². The van der Waals surface area contributed by atoms with Crippen molar-refractivity contribution in [1.29, 1.82) is 0 Å². The Morgan fingerprint density at radius 3 is 2.30 bits per heavy atom. The number of likely N-dealkylation sites (tertiary alicyclic amines) is 1. The molecular formula is C16H27NO3. The molecule has 1 N–H and O–H groups in total. The minimum absolute atomic E-state index is 0.176. The normalized spacial score (nSPS) is 28.9. The summed E-state index contributed by atoms with van der Waals surface area (Å²) >= 11 is 0. The SMILES string of the molecule is CC1CCC(C(=O)O)CN1C(=O)CC1CCCCCC1. The van der Waals surface area contributed by atoms with E-state index in [-0.39, 0.29) is 17.9 Å². The van der Waals surface area contributed by atoms with E-state index in [4.69, 9.17) is 5.11 Å². The predicted octanol–water partition coefficient (Wildman–Crippen LogP) is 3.06. The van der Waals surface area contributed by atoms with Crippen LogP contribution in [0.2, 0.25) is 0 Å². The van der Waals surface area contributed by atoms with Gasteiger partial charge in [-0.2, -0.15) is 0 Å². The second-order valence-electron chi connectivity index (χ2n) is 6.57. The lowest BCUT2D eigenvalue weighted by Gasteiger charge is -2.37. The van der Waals surface area contributed by atoms with Crippen LogP contribution >= 0.6 is 0 Å². The van der Waals surface area contributed by atoms with E-state index in [0.717, 1.165) is 19.3 Å². The fraction of sp³-hybridized carbons (Fsp3) is 0.875. The summed E-state index contributed by atoms with van der Waals surface area (Å²) in [5.41, 5.74) is 0. The van der Waals surface area contributed by atoms with Crippen LogP contribution in [0.5, 0.6) is 0 Å². The van der Waals surface area contributed by atoms with Gasteiger partial charge in [0.05, 0.1) is 5.92 Å². The number of rotatable bonds is 3. The molecule has 2 aliphatic rings. The van der Waals surface area contributed by atoms with Crippen molar-refractivity contribution in [2.45, 2.75) is 70.8 Å². The Morgan fingerprint density at radius 1 is 1.05 bits per heavy atom. The summed E-state index contributed by atoms with van der Waals surface area (Å²) in [5, 5.41) is 9.14. The molecule has 4 heteroatoms. The Bertz CT molecular complexity index is 348. The van der Waals surface area contributed by atoms with Crippen LogP contribution in [0.4, 0.5) is 0 Å². The Balaban J connectivity index is 1.90. The number of carboxylic acid groups (broad SMARTS) is 1. The van der Waals surface area contributed by atoms with Crippen molar-refractivity contribution in [3.8, 4) is 0 Å². The van der Waals surface area contributed by atoms with Crippen molar-refractivity contribution in [2.24, 2.45) is 11.8 Å². The highest BCUT2D eigenvalue weighted by atomic mass is 16.4. The van der Waals surface area contributed by atoms with Gasteiger partial charge in [0, 0.05) is 19.0 Å². The number of piperidine rings is 1. The minimum atomic E-state index is -0.760. The molecule has 4 nitrogen and oxygen atoms in total. The van der Waals surface area contributed by atoms with Gasteiger partial charge in [0.1, 0.15) is 0 Å². The van der Waals surface area contributed by atoms with Crippen LogP contribution in [0.25, 0.3) is 0 Å². The standard InChI is InChI=1S/C16H27NO3/c1-12-8-9-14(16(19)20)11-17(12)15(18)10-13-6-4-2-3-5-7-13/h12-14H,2-11H2,1H3,(H,19,20). The van der Waals surface area contributed by atoms with Crippen LogP contribution in [-0.4, -0.2) is 34.5 Å². The quantitative estimate of drug-likeness (QED) is 0.809. The summed E-state index contributed by atoms with van der Waals surface area (Å²) in [5.74, 6) is -0.439. The van der Waals surface area contributed by atoms with E-state index in [1.165, 1.54) is 25.7 Å². The number of aliphatic carboxylic acids is 1. The first-order valence-electron chi connectivity index (χ1n) is 8.10. The Kier molecular flexibility index (Phi) is 5.44. The molecular weight excluding hydrogens is 254 g/mol. The van der Waals surface area contributed by atoms with Crippen LogP contribution in [0, 0.1) is 11.8 Å². The predicted molar refractivity (Wildman–Crippen MR) is 77.3 cm³/mol. The van der Waals surface area contributed by atoms with Gasteiger partial charge >= 0.3 is 5.97 Å². The minimum Gasteiger partial charge on any atom is -0.481 e. The highest BCUT2D eigenvalue weighted by Crippen LogP contribution is 2.28. The van der Waals surface area contributed by atoms with Gasteiger partial charge in [0.15, 0.2) is 0 Å². The maximum atomic E-state index is 12.5. The van der Waals surface area contributed by atoms with Gasteiger partial charge in [-0.25, -0.2) is 0 Å². The molecule has 1 saturated carbocycles. The largest absolute Gasteiger partial charge is 0.481 e. The number of carbonyl (C=O) groups is 2. The van der Waals surface area contributed by atoms with Crippen molar-refractivity contribution < 1.29 is 14.7 Å². The van der Waals surface area contributed by atoms with Gasteiger partial charge < -0.3 is 10.0 Å². The third-order valence-corrected chi connectivity index (χ3v) is 4.99. The zero-order valence-electron chi connectivity index (χ0n) is 12.5. The van der Waals surface area contributed by atoms with Crippen LogP contribution < -0.4 is 0 Å². The molecule has 0 aromatic rings. The second kappa shape index (κ2) is 7.09. The molecule has 2 atom stereocenters. The average molecular weight is 281 g/mol. The van der Waals surface area contributed by atoms with E-state index in [0.29, 0.717) is 25.3 Å². The van der Waals surface area contributed by atoms with Crippen molar-refractivity contribution in [3.05, 3.63) is 0 Å².